The van der Waals surface area contributed by atoms with E-state index < -0.39 is 10.0 Å². The van der Waals surface area contributed by atoms with Crippen LogP contribution >= 0.6 is 0 Å². The van der Waals surface area contributed by atoms with Gasteiger partial charge in [0.1, 0.15) is 0 Å². The highest BCUT2D eigenvalue weighted by Gasteiger charge is 2.27. The van der Waals surface area contributed by atoms with Gasteiger partial charge in [0.15, 0.2) is 0 Å². The van der Waals surface area contributed by atoms with E-state index >= 15 is 0 Å². The molecule has 0 saturated carbocycles. The molecule has 142 valence electrons. The molecule has 0 spiro atoms. The molecular formula is C20H22N2O4S. The Balaban J connectivity index is 1.51. The van der Waals surface area contributed by atoms with Crippen LogP contribution in [0.15, 0.2) is 53.4 Å². The molecule has 2 aromatic rings. The number of carbonyl (C=O) groups excluding carboxylic acids is 1. The van der Waals surface area contributed by atoms with E-state index in [-0.39, 0.29) is 23.5 Å². The number of ether oxygens (including phenoxy) is 1. The first-order chi connectivity index (χ1) is 13.0. The van der Waals surface area contributed by atoms with Crippen molar-refractivity contribution in [3.05, 3.63) is 59.7 Å². The third kappa shape index (κ3) is 3.76. The summed E-state index contributed by atoms with van der Waals surface area (Å²) in [5.41, 5.74) is 2.28. The molecule has 4 rings (SSSR count). The third-order valence-electron chi connectivity index (χ3n) is 5.05. The summed E-state index contributed by atoms with van der Waals surface area (Å²) in [7, 11) is -3.59. The van der Waals surface area contributed by atoms with E-state index in [1.54, 1.807) is 35.2 Å². The largest absolute Gasteiger partial charge is 0.377 e. The average molecular weight is 386 g/mol. The first kappa shape index (κ1) is 18.2. The summed E-state index contributed by atoms with van der Waals surface area (Å²) in [6.45, 7) is 1.53. The van der Waals surface area contributed by atoms with Gasteiger partial charge in [-0.25, -0.2) is 13.1 Å². The van der Waals surface area contributed by atoms with Gasteiger partial charge in [-0.05, 0) is 55.2 Å². The van der Waals surface area contributed by atoms with Gasteiger partial charge < -0.3 is 9.64 Å². The van der Waals surface area contributed by atoms with Crippen molar-refractivity contribution < 1.29 is 17.9 Å². The number of sulfonamides is 1. The summed E-state index contributed by atoms with van der Waals surface area (Å²) in [5.74, 6) is -0.0681. The Morgan fingerprint density at radius 2 is 2.00 bits per heavy atom. The van der Waals surface area contributed by atoms with Crippen molar-refractivity contribution >= 4 is 21.6 Å². The van der Waals surface area contributed by atoms with Crippen molar-refractivity contribution in [3.63, 3.8) is 0 Å². The van der Waals surface area contributed by atoms with Crippen LogP contribution in [0, 0.1) is 0 Å². The van der Waals surface area contributed by atoms with Crippen LogP contribution in [0.4, 0.5) is 5.69 Å². The highest BCUT2D eigenvalue weighted by molar-refractivity contribution is 7.89. The van der Waals surface area contributed by atoms with Gasteiger partial charge in [-0.15, -0.1) is 0 Å². The molecule has 7 heteroatoms. The summed E-state index contributed by atoms with van der Waals surface area (Å²) in [5, 5.41) is 0. The Kier molecular flexibility index (Phi) is 4.99. The molecule has 0 bridgehead atoms. The fraction of sp³-hybridized carbons (Fsp3) is 0.350. The van der Waals surface area contributed by atoms with Gasteiger partial charge in [-0.1, -0.05) is 18.2 Å². The molecule has 0 radical (unpaired) electrons. The fourth-order valence-corrected chi connectivity index (χ4v) is 4.70. The lowest BCUT2D eigenvalue weighted by molar-refractivity contribution is 0.0989. The molecule has 0 aromatic heterocycles. The molecule has 2 aliphatic rings. The molecule has 1 saturated heterocycles. The number of nitrogens with zero attached hydrogens (tertiary/aromatic N) is 1. The SMILES string of the molecule is O=C(c1ccccc1)N1CCc2cc(S(=O)(=O)NC[C@H]3CCCO3)ccc21. The monoisotopic (exact) mass is 386 g/mol. The first-order valence-electron chi connectivity index (χ1n) is 9.16. The second-order valence-corrected chi connectivity index (χ2v) is 8.62. The molecule has 1 N–H and O–H groups in total. The minimum Gasteiger partial charge on any atom is -0.377 e. The van der Waals surface area contributed by atoms with Crippen LogP contribution in [0.1, 0.15) is 28.8 Å². The molecule has 0 aliphatic carbocycles. The number of nitrogens with one attached hydrogen (secondary N) is 1. The summed E-state index contributed by atoms with van der Waals surface area (Å²) in [6, 6.07) is 14.1. The molecule has 2 aliphatic heterocycles. The molecule has 6 nitrogen and oxygen atoms in total. The molecule has 2 aromatic carbocycles. The highest BCUT2D eigenvalue weighted by atomic mass is 32.2. The second-order valence-electron chi connectivity index (χ2n) is 6.85. The van der Waals surface area contributed by atoms with Crippen LogP contribution in [-0.4, -0.2) is 40.1 Å². The number of rotatable bonds is 5. The number of hydrogen-bond acceptors (Lipinski definition) is 4. The first-order valence-corrected chi connectivity index (χ1v) is 10.6. The number of hydrogen-bond donors (Lipinski definition) is 1. The van der Waals surface area contributed by atoms with Crippen molar-refractivity contribution in [1.29, 1.82) is 0 Å². The Morgan fingerprint density at radius 1 is 1.19 bits per heavy atom. The maximum absolute atomic E-state index is 12.7. The Labute approximate surface area is 159 Å². The molecule has 2 heterocycles. The number of anilines is 1. The molecule has 1 amide bonds. The van der Waals surface area contributed by atoms with Crippen molar-refractivity contribution in [3.8, 4) is 0 Å². The van der Waals surface area contributed by atoms with Crippen LogP contribution < -0.4 is 9.62 Å². The summed E-state index contributed by atoms with van der Waals surface area (Å²) >= 11 is 0. The van der Waals surface area contributed by atoms with Crippen molar-refractivity contribution in [2.45, 2.75) is 30.3 Å². The lowest BCUT2D eigenvalue weighted by Gasteiger charge is -2.18. The van der Waals surface area contributed by atoms with E-state index in [9.17, 15) is 13.2 Å². The van der Waals surface area contributed by atoms with Crippen molar-refractivity contribution in [2.75, 3.05) is 24.6 Å². The lowest BCUT2D eigenvalue weighted by atomic mass is 10.1. The maximum atomic E-state index is 12.7. The van der Waals surface area contributed by atoms with Gasteiger partial charge in [0.2, 0.25) is 10.0 Å². The number of fused-ring (bicyclic) bond motifs is 1. The normalized spacial score (nSPS) is 19.3. The topological polar surface area (TPSA) is 75.7 Å². The summed E-state index contributed by atoms with van der Waals surface area (Å²) in [4.78, 5) is 14.7. The fourth-order valence-electron chi connectivity index (χ4n) is 3.58. The van der Waals surface area contributed by atoms with Crippen molar-refractivity contribution in [1.82, 2.24) is 4.72 Å². The minimum absolute atomic E-state index is 0.0480. The van der Waals surface area contributed by atoms with E-state index in [0.717, 1.165) is 24.1 Å². The van der Waals surface area contributed by atoms with Gasteiger partial charge in [0, 0.05) is 30.9 Å². The third-order valence-corrected chi connectivity index (χ3v) is 6.47. The molecule has 1 fully saturated rings. The van der Waals surface area contributed by atoms with Crippen LogP contribution in [0.3, 0.4) is 0 Å². The van der Waals surface area contributed by atoms with Gasteiger partial charge in [-0.2, -0.15) is 0 Å². The summed E-state index contributed by atoms with van der Waals surface area (Å²) in [6.07, 6.45) is 2.44. The molecule has 1 atom stereocenters. The van der Waals surface area contributed by atoms with Crippen LogP contribution in [0.2, 0.25) is 0 Å². The number of benzene rings is 2. The maximum Gasteiger partial charge on any atom is 0.258 e. The van der Waals surface area contributed by atoms with E-state index in [2.05, 4.69) is 4.72 Å². The van der Waals surface area contributed by atoms with Crippen LogP contribution in [0.25, 0.3) is 0 Å². The standard InChI is InChI=1S/C20H22N2O4S/c23-20(15-5-2-1-3-6-15)22-11-10-16-13-18(8-9-19(16)22)27(24,25)21-14-17-7-4-12-26-17/h1-3,5-6,8-9,13,17,21H,4,7,10-12,14H2/t17-/m1/s1. The van der Waals surface area contributed by atoms with E-state index in [1.807, 2.05) is 18.2 Å². The van der Waals surface area contributed by atoms with Crippen LogP contribution in [0.5, 0.6) is 0 Å². The highest BCUT2D eigenvalue weighted by Crippen LogP contribution is 2.31. The van der Waals surface area contributed by atoms with Gasteiger partial charge in [-0.3, -0.25) is 4.79 Å². The summed E-state index contributed by atoms with van der Waals surface area (Å²) < 4.78 is 33.3. The van der Waals surface area contributed by atoms with Crippen molar-refractivity contribution in [2.24, 2.45) is 0 Å². The predicted molar refractivity (Wildman–Crippen MR) is 102 cm³/mol. The zero-order valence-corrected chi connectivity index (χ0v) is 15.7. The van der Waals surface area contributed by atoms with Crippen LogP contribution in [-0.2, 0) is 21.2 Å². The number of amides is 1. The molecule has 27 heavy (non-hydrogen) atoms. The average Bonchev–Trinajstić information content (AvgIpc) is 3.36. The van der Waals surface area contributed by atoms with E-state index in [0.29, 0.717) is 25.1 Å². The van der Waals surface area contributed by atoms with Gasteiger partial charge in [0.25, 0.3) is 5.91 Å². The Morgan fingerprint density at radius 3 is 2.74 bits per heavy atom. The Bertz CT molecular complexity index is 938. The lowest BCUT2D eigenvalue weighted by Crippen LogP contribution is -2.32. The molecular weight excluding hydrogens is 364 g/mol. The second kappa shape index (κ2) is 7.42. The van der Waals surface area contributed by atoms with E-state index in [4.69, 9.17) is 4.74 Å². The zero-order chi connectivity index (χ0) is 18.9. The van der Waals surface area contributed by atoms with Gasteiger partial charge in [0.05, 0.1) is 11.0 Å². The minimum atomic E-state index is -3.59. The Hall–Kier alpha value is -2.22. The quantitative estimate of drug-likeness (QED) is 0.856. The van der Waals surface area contributed by atoms with Gasteiger partial charge >= 0.3 is 0 Å². The zero-order valence-electron chi connectivity index (χ0n) is 14.9. The molecule has 0 unspecified atom stereocenters. The number of carbonyl (C=O) groups is 1. The smallest absolute Gasteiger partial charge is 0.258 e. The predicted octanol–water partition coefficient (Wildman–Crippen LogP) is 2.35. The van der Waals surface area contributed by atoms with E-state index in [1.165, 1.54) is 0 Å².